The number of carbonyl (C=O) groups excluding carboxylic acids is 1. The lowest BCUT2D eigenvalue weighted by molar-refractivity contribution is 0.101. The molecule has 0 fully saturated rings. The number of aromatic nitrogens is 1. The number of pyridine rings is 1. The monoisotopic (exact) mass is 587 g/mol. The molecular weight excluding hydrogens is 550 g/mol. The molecule has 218 valence electrons. The summed E-state index contributed by atoms with van der Waals surface area (Å²) in [5, 5.41) is 0. The molecule has 0 aliphatic heterocycles. The Balaban J connectivity index is 1.62. The Bertz CT molecular complexity index is 1700. The van der Waals surface area contributed by atoms with E-state index in [4.69, 9.17) is 14.5 Å². The lowest BCUT2D eigenvalue weighted by Crippen LogP contribution is -2.05. The van der Waals surface area contributed by atoms with Gasteiger partial charge in [0.05, 0.1) is 17.0 Å². The zero-order valence-corrected chi connectivity index (χ0v) is 26.0. The third-order valence-corrected chi connectivity index (χ3v) is 8.22. The third-order valence-electron chi connectivity index (χ3n) is 7.03. The molecule has 4 aromatic carbocycles. The van der Waals surface area contributed by atoms with Crippen molar-refractivity contribution in [1.82, 2.24) is 4.98 Å². The van der Waals surface area contributed by atoms with E-state index in [0.29, 0.717) is 24.5 Å². The summed E-state index contributed by atoms with van der Waals surface area (Å²) in [6, 6.07) is 34.6. The maximum Gasteiger partial charge on any atom is 0.163 e. The summed E-state index contributed by atoms with van der Waals surface area (Å²) in [4.78, 5) is 19.2. The largest absolute Gasteiger partial charge is 0.488 e. The number of ether oxygens (including phenoxy) is 2. The summed E-state index contributed by atoms with van der Waals surface area (Å²) in [5.41, 5.74) is 8.12. The molecule has 0 bridgehead atoms. The van der Waals surface area contributed by atoms with Gasteiger partial charge in [-0.25, -0.2) is 4.98 Å². The number of Topliss-reactive ketones (excluding diaryl/α,β-unsaturated/α-hetero) is 1. The zero-order chi connectivity index (χ0) is 30.2. The molecule has 1 heterocycles. The second-order valence-corrected chi connectivity index (χ2v) is 11.9. The van der Waals surface area contributed by atoms with Gasteiger partial charge in [-0.1, -0.05) is 79.2 Å². The van der Waals surface area contributed by atoms with Crippen LogP contribution in [0.5, 0.6) is 11.5 Å². The first-order valence-corrected chi connectivity index (χ1v) is 15.6. The third kappa shape index (κ3) is 7.74. The van der Waals surface area contributed by atoms with Crippen LogP contribution in [0.15, 0.2) is 108 Å². The maximum atomic E-state index is 12.9. The highest BCUT2D eigenvalue weighted by molar-refractivity contribution is 7.99. The van der Waals surface area contributed by atoms with Gasteiger partial charge in [0.1, 0.15) is 24.7 Å². The van der Waals surface area contributed by atoms with Gasteiger partial charge in [-0.05, 0) is 86.0 Å². The minimum Gasteiger partial charge on any atom is -0.488 e. The highest BCUT2D eigenvalue weighted by Crippen LogP contribution is 2.39. The first-order chi connectivity index (χ1) is 20.9. The van der Waals surface area contributed by atoms with Crippen molar-refractivity contribution < 1.29 is 14.3 Å². The molecule has 5 rings (SSSR count). The van der Waals surface area contributed by atoms with Crippen LogP contribution in [0.1, 0.15) is 52.9 Å². The van der Waals surface area contributed by atoms with Crippen LogP contribution >= 0.6 is 11.8 Å². The summed E-state index contributed by atoms with van der Waals surface area (Å²) in [6.07, 6.45) is 1.05. The van der Waals surface area contributed by atoms with E-state index < -0.39 is 0 Å². The van der Waals surface area contributed by atoms with Gasteiger partial charge in [0.25, 0.3) is 0 Å². The first kappa shape index (κ1) is 30.1. The van der Waals surface area contributed by atoms with E-state index in [0.717, 1.165) is 67.6 Å². The molecule has 4 nitrogen and oxygen atoms in total. The fourth-order valence-electron chi connectivity index (χ4n) is 4.90. The molecule has 43 heavy (non-hydrogen) atoms. The minimum absolute atomic E-state index is 0.0416. The van der Waals surface area contributed by atoms with E-state index in [1.807, 2.05) is 67.6 Å². The predicted molar refractivity (Wildman–Crippen MR) is 177 cm³/mol. The number of rotatable bonds is 12. The Morgan fingerprint density at radius 2 is 1.33 bits per heavy atom. The maximum absolute atomic E-state index is 12.9. The zero-order valence-electron chi connectivity index (χ0n) is 25.2. The molecule has 0 aliphatic rings. The van der Waals surface area contributed by atoms with Gasteiger partial charge < -0.3 is 9.47 Å². The molecule has 5 aromatic rings. The lowest BCUT2D eigenvalue weighted by Gasteiger charge is -2.18. The molecule has 0 radical (unpaired) electrons. The Hall–Kier alpha value is -4.35. The molecule has 0 N–H and O–H groups in total. The molecule has 1 aromatic heterocycles. The molecule has 5 heteroatoms. The van der Waals surface area contributed by atoms with Crippen molar-refractivity contribution in [2.45, 2.75) is 52.2 Å². The predicted octanol–water partition coefficient (Wildman–Crippen LogP) is 9.90. The number of aryl methyl sites for hydroxylation is 2. The Morgan fingerprint density at radius 3 is 1.95 bits per heavy atom. The number of carbonyl (C=O) groups is 1. The summed E-state index contributed by atoms with van der Waals surface area (Å²) in [5.74, 6) is 2.28. The molecule has 0 saturated carbocycles. The standard InChI is InChI=1S/C38H37NO3S/c1-5-18-43-31-22-35(33-19-26(2)16-17-37(33)41-24-29-12-8-6-9-13-29)39-36(23-31)34-21-27(3)20-32(28(4)40)38(34)42-25-30-14-10-7-11-15-30/h6-17,19-23H,5,18,24-25H2,1-4H3. The molecule has 0 amide bonds. The van der Waals surface area contributed by atoms with Crippen molar-refractivity contribution in [2.75, 3.05) is 5.75 Å². The smallest absolute Gasteiger partial charge is 0.163 e. The fourth-order valence-corrected chi connectivity index (χ4v) is 5.73. The van der Waals surface area contributed by atoms with Gasteiger partial charge in [-0.3, -0.25) is 4.79 Å². The summed E-state index contributed by atoms with van der Waals surface area (Å²) < 4.78 is 12.8. The number of nitrogens with zero attached hydrogens (tertiary/aromatic N) is 1. The highest BCUT2D eigenvalue weighted by atomic mass is 32.2. The van der Waals surface area contributed by atoms with Crippen LogP contribution in [0.4, 0.5) is 0 Å². The van der Waals surface area contributed by atoms with Crippen LogP contribution in [-0.4, -0.2) is 16.5 Å². The number of ketones is 1. The SMILES string of the molecule is CCCSc1cc(-c2cc(C)ccc2OCc2ccccc2)nc(-c2cc(C)cc(C(C)=O)c2OCc2ccccc2)c1. The van der Waals surface area contributed by atoms with Gasteiger partial charge in [0.15, 0.2) is 5.78 Å². The van der Waals surface area contributed by atoms with Crippen molar-refractivity contribution in [2.24, 2.45) is 0 Å². The molecular formula is C38H37NO3S. The van der Waals surface area contributed by atoms with Crippen LogP contribution in [0.3, 0.4) is 0 Å². The van der Waals surface area contributed by atoms with Gasteiger partial charge in [-0.2, -0.15) is 0 Å². The fraction of sp³-hybridized carbons (Fsp3) is 0.211. The van der Waals surface area contributed by atoms with Crippen molar-refractivity contribution in [3.63, 3.8) is 0 Å². The van der Waals surface area contributed by atoms with Crippen molar-refractivity contribution >= 4 is 17.5 Å². The van der Waals surface area contributed by atoms with E-state index in [9.17, 15) is 4.79 Å². The van der Waals surface area contributed by atoms with Gasteiger partial charge in [-0.15, -0.1) is 11.8 Å². The first-order valence-electron chi connectivity index (χ1n) is 14.7. The van der Waals surface area contributed by atoms with Gasteiger partial charge in [0.2, 0.25) is 0 Å². The number of thioether (sulfide) groups is 1. The normalized spacial score (nSPS) is 10.9. The Morgan fingerprint density at radius 1 is 0.721 bits per heavy atom. The molecule has 0 unspecified atom stereocenters. The number of hydrogen-bond acceptors (Lipinski definition) is 5. The van der Waals surface area contributed by atoms with Crippen molar-refractivity contribution in [1.29, 1.82) is 0 Å². The van der Waals surface area contributed by atoms with Gasteiger partial charge >= 0.3 is 0 Å². The molecule has 0 spiro atoms. The van der Waals surface area contributed by atoms with Crippen LogP contribution in [0.2, 0.25) is 0 Å². The topological polar surface area (TPSA) is 48.4 Å². The minimum atomic E-state index is -0.0416. The highest BCUT2D eigenvalue weighted by Gasteiger charge is 2.20. The van der Waals surface area contributed by atoms with E-state index in [-0.39, 0.29) is 5.78 Å². The molecule has 0 aliphatic carbocycles. The Labute approximate surface area is 259 Å². The summed E-state index contributed by atoms with van der Waals surface area (Å²) >= 11 is 1.80. The van der Waals surface area contributed by atoms with E-state index in [2.05, 4.69) is 56.3 Å². The number of benzene rings is 4. The quantitative estimate of drug-likeness (QED) is 0.107. The molecule has 0 atom stereocenters. The summed E-state index contributed by atoms with van der Waals surface area (Å²) in [6.45, 7) is 8.67. The van der Waals surface area contributed by atoms with Gasteiger partial charge in [0, 0.05) is 16.0 Å². The van der Waals surface area contributed by atoms with Crippen LogP contribution in [0.25, 0.3) is 22.5 Å². The van der Waals surface area contributed by atoms with E-state index >= 15 is 0 Å². The van der Waals surface area contributed by atoms with E-state index in [1.165, 1.54) is 0 Å². The van der Waals surface area contributed by atoms with Crippen LogP contribution < -0.4 is 9.47 Å². The van der Waals surface area contributed by atoms with E-state index in [1.54, 1.807) is 18.7 Å². The lowest BCUT2D eigenvalue weighted by atomic mass is 9.99. The Kier molecular flexibility index (Phi) is 9.96. The van der Waals surface area contributed by atoms with Crippen molar-refractivity contribution in [3.8, 4) is 34.0 Å². The second kappa shape index (κ2) is 14.2. The van der Waals surface area contributed by atoms with Crippen LogP contribution in [-0.2, 0) is 13.2 Å². The average Bonchev–Trinajstić information content (AvgIpc) is 3.03. The summed E-state index contributed by atoms with van der Waals surface area (Å²) in [7, 11) is 0. The molecule has 0 saturated heterocycles. The number of hydrogen-bond donors (Lipinski definition) is 0. The average molecular weight is 588 g/mol. The van der Waals surface area contributed by atoms with Crippen LogP contribution in [0, 0.1) is 13.8 Å². The second-order valence-electron chi connectivity index (χ2n) is 10.7. The van der Waals surface area contributed by atoms with Crippen molar-refractivity contribution in [3.05, 3.63) is 131 Å².